The number of ether oxygens (including phenoxy) is 1. The van der Waals surface area contributed by atoms with Crippen LogP contribution in [0.4, 0.5) is 16.2 Å². The number of hydrogen-bond donors (Lipinski definition) is 2. The van der Waals surface area contributed by atoms with Crippen molar-refractivity contribution in [2.75, 3.05) is 63.7 Å². The number of anilines is 2. The van der Waals surface area contributed by atoms with Crippen LogP contribution in [0.25, 0.3) is 0 Å². The van der Waals surface area contributed by atoms with Gasteiger partial charge in [0.25, 0.3) is 5.91 Å². The summed E-state index contributed by atoms with van der Waals surface area (Å²) in [6, 6.07) is 11.2. The van der Waals surface area contributed by atoms with Crippen molar-refractivity contribution in [1.29, 1.82) is 0 Å². The lowest BCUT2D eigenvalue weighted by atomic mass is 10.1. The molecule has 0 aliphatic carbocycles. The fourth-order valence-corrected chi connectivity index (χ4v) is 4.03. The number of likely N-dealkylation sites (N-methyl/N-ethyl adjacent to an activating group) is 2. The van der Waals surface area contributed by atoms with Gasteiger partial charge in [-0.3, -0.25) is 4.79 Å². The first-order valence-electron chi connectivity index (χ1n) is 10.9. The molecule has 3 rings (SSSR count). The number of nitrogens with two attached hydrogens (primary N) is 1. The molecule has 3 N–H and O–H groups in total. The summed E-state index contributed by atoms with van der Waals surface area (Å²) in [5.41, 5.74) is 2.83. The number of aryl methyl sites for hydroxylation is 1. The Bertz CT molecular complexity index is 1130. The van der Waals surface area contributed by atoms with E-state index in [-0.39, 0.29) is 16.8 Å². The number of amides is 3. The molecule has 0 aromatic heterocycles. The van der Waals surface area contributed by atoms with Crippen molar-refractivity contribution in [2.24, 2.45) is 5.14 Å². The molecule has 0 unspecified atom stereocenters. The topological polar surface area (TPSA) is 125 Å². The molecule has 34 heavy (non-hydrogen) atoms. The first-order valence-corrected chi connectivity index (χ1v) is 12.4. The summed E-state index contributed by atoms with van der Waals surface area (Å²) in [4.78, 5) is 30.6. The van der Waals surface area contributed by atoms with Crippen molar-refractivity contribution in [2.45, 2.75) is 11.8 Å². The molecule has 3 amide bonds. The van der Waals surface area contributed by atoms with Gasteiger partial charge >= 0.3 is 6.03 Å². The summed E-state index contributed by atoms with van der Waals surface area (Å²) in [5.74, 6) is -0.0403. The van der Waals surface area contributed by atoms with Crippen LogP contribution in [0.1, 0.15) is 15.9 Å². The number of nitrogens with one attached hydrogen (secondary N) is 1. The molecule has 1 heterocycles. The number of hydrogen-bond acceptors (Lipinski definition) is 6. The Morgan fingerprint density at radius 3 is 2.29 bits per heavy atom. The van der Waals surface area contributed by atoms with E-state index in [1.807, 2.05) is 18.9 Å². The molecule has 1 fully saturated rings. The van der Waals surface area contributed by atoms with Gasteiger partial charge in [-0.25, -0.2) is 18.4 Å². The van der Waals surface area contributed by atoms with Gasteiger partial charge in [-0.2, -0.15) is 0 Å². The largest absolute Gasteiger partial charge is 0.378 e. The molecule has 0 spiro atoms. The van der Waals surface area contributed by atoms with Crippen LogP contribution in [0, 0.1) is 6.92 Å². The maximum absolute atomic E-state index is 12.7. The minimum atomic E-state index is -3.73. The van der Waals surface area contributed by atoms with Crippen molar-refractivity contribution >= 4 is 33.3 Å². The van der Waals surface area contributed by atoms with Crippen molar-refractivity contribution in [3.8, 4) is 0 Å². The van der Waals surface area contributed by atoms with Crippen LogP contribution in [-0.4, -0.2) is 83.6 Å². The van der Waals surface area contributed by atoms with E-state index in [9.17, 15) is 18.0 Å². The van der Waals surface area contributed by atoms with E-state index in [2.05, 4.69) is 5.32 Å². The number of nitrogens with zero attached hydrogens (tertiary/aromatic N) is 3. The highest BCUT2D eigenvalue weighted by Gasteiger charge is 2.19. The van der Waals surface area contributed by atoms with Crippen LogP contribution in [0.2, 0.25) is 0 Å². The molecule has 2 aromatic rings. The molecule has 0 saturated carbocycles. The van der Waals surface area contributed by atoms with Gasteiger partial charge in [0.1, 0.15) is 0 Å². The standard InChI is InChI=1S/C23H31N5O5S/c1-17-16-18(22(29)28-12-14-33-15-13-28)4-9-21(17)25-23(30)27(3)11-10-26(2)19-5-7-20(8-6-19)34(24,31)32/h4-9,16H,10-15H2,1-3H3,(H,25,30)(H2,24,31,32). The van der Waals surface area contributed by atoms with Gasteiger partial charge < -0.3 is 24.8 Å². The first kappa shape index (κ1) is 25.5. The fourth-order valence-electron chi connectivity index (χ4n) is 3.52. The third-order valence-electron chi connectivity index (χ3n) is 5.74. The lowest BCUT2D eigenvalue weighted by molar-refractivity contribution is 0.0303. The molecule has 11 heteroatoms. The van der Waals surface area contributed by atoms with E-state index >= 15 is 0 Å². The van der Waals surface area contributed by atoms with Crippen LogP contribution < -0.4 is 15.4 Å². The van der Waals surface area contributed by atoms with E-state index < -0.39 is 10.0 Å². The molecule has 10 nitrogen and oxygen atoms in total. The van der Waals surface area contributed by atoms with E-state index in [4.69, 9.17) is 9.88 Å². The zero-order chi connectivity index (χ0) is 24.9. The summed E-state index contributed by atoms with van der Waals surface area (Å²) < 4.78 is 28.1. The number of morpholine rings is 1. The Morgan fingerprint density at radius 2 is 1.71 bits per heavy atom. The molecule has 184 valence electrons. The predicted molar refractivity (Wildman–Crippen MR) is 131 cm³/mol. The highest BCUT2D eigenvalue weighted by Crippen LogP contribution is 2.19. The van der Waals surface area contributed by atoms with Crippen molar-refractivity contribution < 1.29 is 22.7 Å². The number of primary sulfonamides is 1. The Labute approximate surface area is 200 Å². The van der Waals surface area contributed by atoms with Gasteiger partial charge in [-0.05, 0) is 55.0 Å². The summed E-state index contributed by atoms with van der Waals surface area (Å²) >= 11 is 0. The number of benzene rings is 2. The number of carbonyl (C=O) groups is 2. The maximum Gasteiger partial charge on any atom is 0.321 e. The normalized spacial score (nSPS) is 13.9. The van der Waals surface area contributed by atoms with Crippen LogP contribution >= 0.6 is 0 Å². The smallest absolute Gasteiger partial charge is 0.321 e. The second-order valence-corrected chi connectivity index (χ2v) is 9.81. The quantitative estimate of drug-likeness (QED) is 0.610. The molecule has 0 bridgehead atoms. The van der Waals surface area contributed by atoms with E-state index in [0.29, 0.717) is 50.6 Å². The zero-order valence-electron chi connectivity index (χ0n) is 19.7. The lowest BCUT2D eigenvalue weighted by Gasteiger charge is -2.27. The maximum atomic E-state index is 12.7. The Balaban J connectivity index is 1.54. The number of sulfonamides is 1. The summed E-state index contributed by atoms with van der Waals surface area (Å²) in [7, 11) is -0.188. The molecule has 1 aliphatic heterocycles. The van der Waals surface area contributed by atoms with Crippen LogP contribution in [0.3, 0.4) is 0 Å². The number of rotatable bonds is 7. The van der Waals surface area contributed by atoms with Gasteiger partial charge in [0.2, 0.25) is 10.0 Å². The van der Waals surface area contributed by atoms with E-state index in [1.165, 1.54) is 12.1 Å². The number of urea groups is 1. The Kier molecular flexibility index (Phi) is 8.13. The Morgan fingerprint density at radius 1 is 1.06 bits per heavy atom. The van der Waals surface area contributed by atoms with Gasteiger partial charge in [0, 0.05) is 57.2 Å². The van der Waals surface area contributed by atoms with Gasteiger partial charge in [-0.15, -0.1) is 0 Å². The molecule has 1 aliphatic rings. The molecular weight excluding hydrogens is 458 g/mol. The highest BCUT2D eigenvalue weighted by molar-refractivity contribution is 7.89. The Hall–Kier alpha value is -3.15. The third kappa shape index (κ3) is 6.46. The summed E-state index contributed by atoms with van der Waals surface area (Å²) in [6.07, 6.45) is 0. The average molecular weight is 490 g/mol. The molecular formula is C23H31N5O5S. The fraction of sp³-hybridized carbons (Fsp3) is 0.391. The van der Waals surface area contributed by atoms with Crippen molar-refractivity contribution in [3.05, 3.63) is 53.6 Å². The van der Waals surface area contributed by atoms with Crippen molar-refractivity contribution in [1.82, 2.24) is 9.80 Å². The van der Waals surface area contributed by atoms with Gasteiger partial charge in [0.05, 0.1) is 18.1 Å². The van der Waals surface area contributed by atoms with E-state index in [1.54, 1.807) is 47.2 Å². The zero-order valence-corrected chi connectivity index (χ0v) is 20.5. The minimum absolute atomic E-state index is 0.0403. The summed E-state index contributed by atoms with van der Waals surface area (Å²) in [5, 5.41) is 8.02. The predicted octanol–water partition coefficient (Wildman–Crippen LogP) is 1.71. The molecule has 2 aromatic carbocycles. The second kappa shape index (κ2) is 10.9. The molecule has 0 atom stereocenters. The monoisotopic (exact) mass is 489 g/mol. The minimum Gasteiger partial charge on any atom is -0.378 e. The van der Waals surface area contributed by atoms with Crippen LogP contribution in [-0.2, 0) is 14.8 Å². The third-order valence-corrected chi connectivity index (χ3v) is 6.67. The summed E-state index contributed by atoms with van der Waals surface area (Å²) in [6.45, 7) is 5.06. The second-order valence-electron chi connectivity index (χ2n) is 8.25. The average Bonchev–Trinajstić information content (AvgIpc) is 2.83. The lowest BCUT2D eigenvalue weighted by Crippen LogP contribution is -2.40. The first-order chi connectivity index (χ1) is 16.1. The SMILES string of the molecule is Cc1cc(C(=O)N2CCOCC2)ccc1NC(=O)N(C)CCN(C)c1ccc(S(N)(=O)=O)cc1. The van der Waals surface area contributed by atoms with Crippen molar-refractivity contribution in [3.63, 3.8) is 0 Å². The molecule has 0 radical (unpaired) electrons. The van der Waals surface area contributed by atoms with E-state index in [0.717, 1.165) is 11.3 Å². The van der Waals surface area contributed by atoms with Crippen LogP contribution in [0.15, 0.2) is 47.4 Å². The molecule has 1 saturated heterocycles. The number of carbonyl (C=O) groups excluding carboxylic acids is 2. The highest BCUT2D eigenvalue weighted by atomic mass is 32.2. The van der Waals surface area contributed by atoms with Gasteiger partial charge in [0.15, 0.2) is 0 Å². The van der Waals surface area contributed by atoms with Crippen LogP contribution in [0.5, 0.6) is 0 Å². The van der Waals surface area contributed by atoms with Gasteiger partial charge in [-0.1, -0.05) is 0 Å².